The van der Waals surface area contributed by atoms with Crippen LogP contribution in [-0.2, 0) is 4.74 Å². The van der Waals surface area contributed by atoms with Crippen molar-refractivity contribution >= 4 is 0 Å². The molecule has 0 heterocycles. The van der Waals surface area contributed by atoms with Gasteiger partial charge >= 0.3 is 0 Å². The Balaban J connectivity index is 2.03. The van der Waals surface area contributed by atoms with E-state index in [1.165, 1.54) is 18.4 Å². The molecule has 0 aromatic heterocycles. The van der Waals surface area contributed by atoms with Gasteiger partial charge in [0.25, 0.3) is 0 Å². The third-order valence-electron chi connectivity index (χ3n) is 2.81. The van der Waals surface area contributed by atoms with Crippen molar-refractivity contribution < 1.29 is 4.74 Å². The van der Waals surface area contributed by atoms with E-state index in [0.717, 1.165) is 26.1 Å². The molecule has 1 unspecified atom stereocenters. The second-order valence-corrected chi connectivity index (χ2v) is 4.38. The minimum atomic E-state index is 0.208. The Kier molecular flexibility index (Phi) is 7.69. The smallest absolute Gasteiger partial charge is 0.0796 e. The van der Waals surface area contributed by atoms with Crippen molar-refractivity contribution in [1.82, 2.24) is 5.32 Å². The maximum absolute atomic E-state index is 5.81. The van der Waals surface area contributed by atoms with Crippen LogP contribution in [0, 0.1) is 0 Å². The van der Waals surface area contributed by atoms with E-state index in [1.807, 2.05) is 6.07 Å². The van der Waals surface area contributed by atoms with Crippen molar-refractivity contribution in [2.75, 3.05) is 19.7 Å². The predicted octanol–water partition coefficient (Wildman–Crippen LogP) is 3.54. The van der Waals surface area contributed by atoms with Crippen LogP contribution >= 0.6 is 0 Å². The molecule has 1 aromatic rings. The fraction of sp³-hybridized carbons (Fsp3) is 0.600. The van der Waals surface area contributed by atoms with Crippen LogP contribution in [0.2, 0.25) is 0 Å². The van der Waals surface area contributed by atoms with Crippen LogP contribution in [0.1, 0.15) is 44.8 Å². The van der Waals surface area contributed by atoms with E-state index in [1.54, 1.807) is 0 Å². The van der Waals surface area contributed by atoms with Gasteiger partial charge in [-0.1, -0.05) is 37.3 Å². The molecule has 1 atom stereocenters. The molecular weight excluding hydrogens is 210 g/mol. The summed E-state index contributed by atoms with van der Waals surface area (Å²) in [4.78, 5) is 0. The Bertz CT molecular complexity index is 274. The predicted molar refractivity (Wildman–Crippen MR) is 73.2 cm³/mol. The third-order valence-corrected chi connectivity index (χ3v) is 2.81. The van der Waals surface area contributed by atoms with Crippen molar-refractivity contribution in [2.24, 2.45) is 0 Å². The minimum Gasteiger partial charge on any atom is -0.374 e. The average molecular weight is 235 g/mol. The molecule has 0 spiro atoms. The standard InChI is InChI=1S/C15H25NO/c1-3-11-16-12-7-8-13-17-14(2)15-9-5-4-6-10-15/h4-6,9-10,14,16H,3,7-8,11-13H2,1-2H3. The highest BCUT2D eigenvalue weighted by molar-refractivity contribution is 5.16. The monoisotopic (exact) mass is 235 g/mol. The molecule has 17 heavy (non-hydrogen) atoms. The van der Waals surface area contributed by atoms with Crippen molar-refractivity contribution in [3.63, 3.8) is 0 Å². The van der Waals surface area contributed by atoms with Crippen LogP contribution in [-0.4, -0.2) is 19.7 Å². The molecule has 1 N–H and O–H groups in total. The Morgan fingerprint density at radius 1 is 1.12 bits per heavy atom. The zero-order valence-electron chi connectivity index (χ0n) is 11.1. The highest BCUT2D eigenvalue weighted by atomic mass is 16.5. The Labute approximate surface area is 105 Å². The first-order valence-corrected chi connectivity index (χ1v) is 6.72. The lowest BCUT2D eigenvalue weighted by molar-refractivity contribution is 0.0631. The molecule has 0 saturated heterocycles. The summed E-state index contributed by atoms with van der Waals surface area (Å²) >= 11 is 0. The molecule has 0 radical (unpaired) electrons. The maximum atomic E-state index is 5.81. The zero-order valence-corrected chi connectivity index (χ0v) is 11.1. The molecule has 1 aromatic carbocycles. The third kappa shape index (κ3) is 6.44. The molecule has 0 bridgehead atoms. The Hall–Kier alpha value is -0.860. The first kappa shape index (κ1) is 14.2. The van der Waals surface area contributed by atoms with Crippen LogP contribution in [0.5, 0.6) is 0 Å². The van der Waals surface area contributed by atoms with Gasteiger partial charge < -0.3 is 10.1 Å². The van der Waals surface area contributed by atoms with E-state index >= 15 is 0 Å². The lowest BCUT2D eigenvalue weighted by atomic mass is 10.1. The number of rotatable bonds is 9. The fourth-order valence-corrected chi connectivity index (χ4v) is 1.73. The Morgan fingerprint density at radius 3 is 2.59 bits per heavy atom. The van der Waals surface area contributed by atoms with Gasteiger partial charge in [0.15, 0.2) is 0 Å². The summed E-state index contributed by atoms with van der Waals surface area (Å²) in [7, 11) is 0. The van der Waals surface area contributed by atoms with Crippen LogP contribution in [0.15, 0.2) is 30.3 Å². The largest absolute Gasteiger partial charge is 0.374 e. The number of hydrogen-bond acceptors (Lipinski definition) is 2. The van der Waals surface area contributed by atoms with Crippen molar-refractivity contribution in [3.05, 3.63) is 35.9 Å². The van der Waals surface area contributed by atoms with Crippen LogP contribution in [0.4, 0.5) is 0 Å². The zero-order chi connectivity index (χ0) is 12.3. The number of nitrogens with one attached hydrogen (secondary N) is 1. The maximum Gasteiger partial charge on any atom is 0.0796 e. The summed E-state index contributed by atoms with van der Waals surface area (Å²) in [6.45, 7) is 7.39. The number of hydrogen-bond donors (Lipinski definition) is 1. The molecule has 0 amide bonds. The van der Waals surface area contributed by atoms with E-state index in [0.29, 0.717) is 0 Å². The highest BCUT2D eigenvalue weighted by Gasteiger charge is 2.03. The molecule has 2 heteroatoms. The van der Waals surface area contributed by atoms with E-state index < -0.39 is 0 Å². The lowest BCUT2D eigenvalue weighted by Gasteiger charge is -2.13. The molecular formula is C15H25NO. The molecule has 0 saturated carbocycles. The number of unbranched alkanes of at least 4 members (excludes halogenated alkanes) is 1. The topological polar surface area (TPSA) is 21.3 Å². The average Bonchev–Trinajstić information content (AvgIpc) is 2.38. The van der Waals surface area contributed by atoms with Gasteiger partial charge in [-0.25, -0.2) is 0 Å². The first-order valence-electron chi connectivity index (χ1n) is 6.72. The van der Waals surface area contributed by atoms with Gasteiger partial charge in [0.1, 0.15) is 0 Å². The molecule has 2 nitrogen and oxygen atoms in total. The fourth-order valence-electron chi connectivity index (χ4n) is 1.73. The van der Waals surface area contributed by atoms with Gasteiger partial charge in [-0.3, -0.25) is 0 Å². The summed E-state index contributed by atoms with van der Waals surface area (Å²) in [5, 5.41) is 3.40. The molecule has 1 rings (SSSR count). The van der Waals surface area contributed by atoms with E-state index in [9.17, 15) is 0 Å². The molecule has 96 valence electrons. The molecule has 0 aliphatic rings. The quantitative estimate of drug-likeness (QED) is 0.661. The van der Waals surface area contributed by atoms with Crippen LogP contribution < -0.4 is 5.32 Å². The van der Waals surface area contributed by atoms with Crippen LogP contribution in [0.25, 0.3) is 0 Å². The normalized spacial score (nSPS) is 12.6. The number of benzene rings is 1. The van der Waals surface area contributed by atoms with Gasteiger partial charge in [0.05, 0.1) is 6.10 Å². The minimum absolute atomic E-state index is 0.208. The van der Waals surface area contributed by atoms with Gasteiger partial charge in [-0.15, -0.1) is 0 Å². The molecule has 0 fully saturated rings. The summed E-state index contributed by atoms with van der Waals surface area (Å²) in [6.07, 6.45) is 3.75. The number of ether oxygens (including phenoxy) is 1. The first-order chi connectivity index (χ1) is 8.34. The van der Waals surface area contributed by atoms with Gasteiger partial charge in [-0.2, -0.15) is 0 Å². The molecule has 0 aliphatic carbocycles. The highest BCUT2D eigenvalue weighted by Crippen LogP contribution is 2.15. The van der Waals surface area contributed by atoms with Gasteiger partial charge in [-0.05, 0) is 44.8 Å². The van der Waals surface area contributed by atoms with E-state index in [-0.39, 0.29) is 6.10 Å². The van der Waals surface area contributed by atoms with Crippen molar-refractivity contribution in [2.45, 2.75) is 39.2 Å². The summed E-state index contributed by atoms with van der Waals surface area (Å²) in [5.41, 5.74) is 1.26. The molecule has 0 aliphatic heterocycles. The van der Waals surface area contributed by atoms with Crippen LogP contribution in [0.3, 0.4) is 0 Å². The summed E-state index contributed by atoms with van der Waals surface area (Å²) < 4.78 is 5.81. The van der Waals surface area contributed by atoms with E-state index in [2.05, 4.69) is 43.4 Å². The summed E-state index contributed by atoms with van der Waals surface area (Å²) in [6, 6.07) is 10.4. The van der Waals surface area contributed by atoms with Gasteiger partial charge in [0, 0.05) is 6.61 Å². The van der Waals surface area contributed by atoms with E-state index in [4.69, 9.17) is 4.74 Å². The SMILES string of the molecule is CCCNCCCCOC(C)c1ccccc1. The van der Waals surface area contributed by atoms with Crippen molar-refractivity contribution in [3.8, 4) is 0 Å². The second kappa shape index (κ2) is 9.20. The van der Waals surface area contributed by atoms with Crippen molar-refractivity contribution in [1.29, 1.82) is 0 Å². The Morgan fingerprint density at radius 2 is 1.88 bits per heavy atom. The van der Waals surface area contributed by atoms with Gasteiger partial charge in [0.2, 0.25) is 0 Å². The summed E-state index contributed by atoms with van der Waals surface area (Å²) in [5.74, 6) is 0. The lowest BCUT2D eigenvalue weighted by Crippen LogP contribution is -2.16. The second-order valence-electron chi connectivity index (χ2n) is 4.38.